The van der Waals surface area contributed by atoms with Gasteiger partial charge >= 0.3 is 0 Å². The number of rotatable bonds is 1. The zero-order valence-electron chi connectivity index (χ0n) is 8.58. The predicted molar refractivity (Wildman–Crippen MR) is 63.3 cm³/mol. The molecule has 76 valence electrons. The van der Waals surface area contributed by atoms with Crippen LogP contribution in [-0.4, -0.2) is 11.3 Å². The summed E-state index contributed by atoms with van der Waals surface area (Å²) in [7, 11) is 0. The Balaban J connectivity index is 2.14. The molecule has 2 rings (SSSR count). The second-order valence-electron chi connectivity index (χ2n) is 4.31. The van der Waals surface area contributed by atoms with Crippen LogP contribution in [-0.2, 0) is 0 Å². The Hall–Kier alpha value is -0.670. The highest BCUT2D eigenvalue weighted by Crippen LogP contribution is 2.41. The van der Waals surface area contributed by atoms with E-state index in [-0.39, 0.29) is 0 Å². The Morgan fingerprint density at radius 2 is 2.00 bits per heavy atom. The number of benzene rings is 1. The number of nitrogens with two attached hydrogens (primary N) is 1. The Labute approximate surface area is 89.3 Å². The first kappa shape index (κ1) is 9.87. The quantitative estimate of drug-likeness (QED) is 0.696. The molecule has 0 saturated carbocycles. The summed E-state index contributed by atoms with van der Waals surface area (Å²) in [6.45, 7) is 5.59. The van der Waals surface area contributed by atoms with E-state index >= 15 is 0 Å². The van der Waals surface area contributed by atoms with Crippen molar-refractivity contribution < 1.29 is 0 Å². The molecule has 0 aromatic heterocycles. The zero-order valence-corrected chi connectivity index (χ0v) is 9.40. The highest BCUT2D eigenvalue weighted by molar-refractivity contribution is 8.01. The van der Waals surface area contributed by atoms with E-state index in [1.165, 1.54) is 5.56 Å². The van der Waals surface area contributed by atoms with Crippen molar-refractivity contribution in [1.82, 2.24) is 5.32 Å². The average Bonchev–Trinajstić information content (AvgIpc) is 2.47. The van der Waals surface area contributed by atoms with Crippen molar-refractivity contribution in [3.63, 3.8) is 0 Å². The maximum Gasteiger partial charge on any atom is 0.0795 e. The van der Waals surface area contributed by atoms with Crippen molar-refractivity contribution in [1.29, 1.82) is 0 Å². The standard InChI is InChI=1S/C11H16N2S/c1-11(2)7-13-10(14-11)8-3-5-9(12)6-4-8/h3-6,10,13H,7,12H2,1-2H3. The van der Waals surface area contributed by atoms with E-state index in [9.17, 15) is 0 Å². The maximum atomic E-state index is 5.65. The number of nitrogens with one attached hydrogen (secondary N) is 1. The lowest BCUT2D eigenvalue weighted by atomic mass is 10.2. The Bertz CT molecular complexity index is 319. The topological polar surface area (TPSA) is 38.0 Å². The second kappa shape index (κ2) is 3.48. The third kappa shape index (κ3) is 2.04. The van der Waals surface area contributed by atoms with Gasteiger partial charge in [-0.3, -0.25) is 0 Å². The van der Waals surface area contributed by atoms with E-state index < -0.39 is 0 Å². The van der Waals surface area contributed by atoms with Gasteiger partial charge in [-0.05, 0) is 31.5 Å². The van der Waals surface area contributed by atoms with Gasteiger partial charge in [0.05, 0.1) is 5.37 Å². The van der Waals surface area contributed by atoms with Crippen LogP contribution < -0.4 is 11.1 Å². The molecule has 1 aliphatic heterocycles. The molecule has 1 aromatic carbocycles. The van der Waals surface area contributed by atoms with Crippen LogP contribution in [0.25, 0.3) is 0 Å². The first-order chi connectivity index (χ1) is 6.57. The lowest BCUT2D eigenvalue weighted by Crippen LogP contribution is -2.21. The lowest BCUT2D eigenvalue weighted by molar-refractivity contribution is 0.635. The molecule has 3 N–H and O–H groups in total. The van der Waals surface area contributed by atoms with Crippen LogP contribution in [0.2, 0.25) is 0 Å². The normalized spacial score (nSPS) is 25.1. The molecular weight excluding hydrogens is 192 g/mol. The summed E-state index contributed by atoms with van der Waals surface area (Å²) >= 11 is 1.97. The molecule has 0 spiro atoms. The fourth-order valence-corrected chi connectivity index (χ4v) is 2.86. The summed E-state index contributed by atoms with van der Waals surface area (Å²) in [5.41, 5.74) is 7.80. The molecule has 1 atom stereocenters. The minimum atomic E-state index is 0.339. The first-order valence-electron chi connectivity index (χ1n) is 4.83. The molecule has 0 bridgehead atoms. The van der Waals surface area contributed by atoms with E-state index in [4.69, 9.17) is 5.73 Å². The van der Waals surface area contributed by atoms with Gasteiger partial charge in [0, 0.05) is 17.0 Å². The third-order valence-electron chi connectivity index (χ3n) is 2.39. The first-order valence-corrected chi connectivity index (χ1v) is 5.71. The number of hydrogen-bond donors (Lipinski definition) is 2. The summed E-state index contributed by atoms with van der Waals surface area (Å²) in [5, 5.41) is 3.93. The number of anilines is 1. The van der Waals surface area contributed by atoms with Crippen LogP contribution in [0.15, 0.2) is 24.3 Å². The van der Waals surface area contributed by atoms with Crippen molar-refractivity contribution in [2.45, 2.75) is 24.0 Å². The molecule has 1 heterocycles. The van der Waals surface area contributed by atoms with Crippen molar-refractivity contribution in [2.75, 3.05) is 12.3 Å². The molecule has 1 unspecified atom stereocenters. The third-order valence-corrected chi connectivity index (χ3v) is 3.85. The highest BCUT2D eigenvalue weighted by Gasteiger charge is 2.31. The summed E-state index contributed by atoms with van der Waals surface area (Å²) in [6, 6.07) is 8.12. The van der Waals surface area contributed by atoms with E-state index in [0.717, 1.165) is 12.2 Å². The molecule has 2 nitrogen and oxygen atoms in total. The predicted octanol–water partition coefficient (Wildman–Crippen LogP) is 2.38. The van der Waals surface area contributed by atoms with Crippen LogP contribution in [0.3, 0.4) is 0 Å². The van der Waals surface area contributed by atoms with Crippen LogP contribution in [0.1, 0.15) is 24.8 Å². The largest absolute Gasteiger partial charge is 0.399 e. The number of thioether (sulfide) groups is 1. The molecule has 0 radical (unpaired) electrons. The number of hydrogen-bond acceptors (Lipinski definition) is 3. The lowest BCUT2D eigenvalue weighted by Gasteiger charge is -2.15. The molecule has 1 saturated heterocycles. The van der Waals surface area contributed by atoms with Gasteiger partial charge in [0.15, 0.2) is 0 Å². The van der Waals surface area contributed by atoms with Crippen molar-refractivity contribution in [3.8, 4) is 0 Å². The van der Waals surface area contributed by atoms with Gasteiger partial charge in [-0.2, -0.15) is 0 Å². The monoisotopic (exact) mass is 208 g/mol. The second-order valence-corrected chi connectivity index (χ2v) is 6.12. The number of nitrogen functional groups attached to an aromatic ring is 1. The maximum absolute atomic E-state index is 5.65. The van der Waals surface area contributed by atoms with Crippen LogP contribution >= 0.6 is 11.8 Å². The molecule has 3 heteroatoms. The van der Waals surface area contributed by atoms with Crippen molar-refractivity contribution in [2.24, 2.45) is 0 Å². The smallest absolute Gasteiger partial charge is 0.0795 e. The molecule has 1 aliphatic rings. The molecule has 0 amide bonds. The summed E-state index contributed by atoms with van der Waals surface area (Å²) in [4.78, 5) is 0. The Morgan fingerprint density at radius 1 is 1.36 bits per heavy atom. The SMILES string of the molecule is CC1(C)CNC(c2ccc(N)cc2)S1. The molecule has 1 fully saturated rings. The van der Waals surface area contributed by atoms with Gasteiger partial charge in [0.2, 0.25) is 0 Å². The summed E-state index contributed by atoms with van der Waals surface area (Å²) in [6.07, 6.45) is 0. The van der Waals surface area contributed by atoms with Crippen molar-refractivity contribution in [3.05, 3.63) is 29.8 Å². The van der Waals surface area contributed by atoms with Gasteiger partial charge in [0.1, 0.15) is 0 Å². The van der Waals surface area contributed by atoms with Crippen LogP contribution in [0.5, 0.6) is 0 Å². The minimum Gasteiger partial charge on any atom is -0.399 e. The van der Waals surface area contributed by atoms with E-state index in [1.54, 1.807) is 0 Å². The van der Waals surface area contributed by atoms with Gasteiger partial charge in [-0.15, -0.1) is 11.8 Å². The fourth-order valence-electron chi connectivity index (χ4n) is 1.60. The van der Waals surface area contributed by atoms with Gasteiger partial charge < -0.3 is 11.1 Å². The van der Waals surface area contributed by atoms with Gasteiger partial charge in [-0.25, -0.2) is 0 Å². The summed E-state index contributed by atoms with van der Waals surface area (Å²) < 4.78 is 0.339. The van der Waals surface area contributed by atoms with Crippen LogP contribution in [0.4, 0.5) is 5.69 Å². The molecular formula is C11H16N2S. The highest BCUT2D eigenvalue weighted by atomic mass is 32.2. The Kier molecular flexibility index (Phi) is 2.45. The zero-order chi connectivity index (χ0) is 10.2. The summed E-state index contributed by atoms with van der Waals surface area (Å²) in [5.74, 6) is 0. The fraction of sp³-hybridized carbons (Fsp3) is 0.455. The van der Waals surface area contributed by atoms with E-state index in [2.05, 4.69) is 31.3 Å². The molecule has 14 heavy (non-hydrogen) atoms. The minimum absolute atomic E-state index is 0.339. The molecule has 0 aliphatic carbocycles. The van der Waals surface area contributed by atoms with Gasteiger partial charge in [0.25, 0.3) is 0 Å². The van der Waals surface area contributed by atoms with E-state index in [1.807, 2.05) is 23.9 Å². The van der Waals surface area contributed by atoms with Crippen LogP contribution in [0, 0.1) is 0 Å². The molecule has 1 aromatic rings. The van der Waals surface area contributed by atoms with Gasteiger partial charge in [-0.1, -0.05) is 12.1 Å². The Morgan fingerprint density at radius 3 is 2.50 bits per heavy atom. The van der Waals surface area contributed by atoms with E-state index in [0.29, 0.717) is 10.1 Å². The average molecular weight is 208 g/mol. The van der Waals surface area contributed by atoms with Crippen molar-refractivity contribution >= 4 is 17.4 Å².